The van der Waals surface area contributed by atoms with Gasteiger partial charge < -0.3 is 10.4 Å². The highest BCUT2D eigenvalue weighted by atomic mass is 32.2. The lowest BCUT2D eigenvalue weighted by atomic mass is 10.1. The van der Waals surface area contributed by atoms with Gasteiger partial charge in [-0.05, 0) is 36.5 Å². The van der Waals surface area contributed by atoms with E-state index in [1.54, 1.807) is 11.8 Å². The Kier molecular flexibility index (Phi) is 5.10. The van der Waals surface area contributed by atoms with Crippen LogP contribution in [-0.2, 0) is 6.54 Å². The van der Waals surface area contributed by atoms with E-state index in [1.807, 2.05) is 0 Å². The van der Waals surface area contributed by atoms with Gasteiger partial charge in [0.25, 0.3) is 0 Å². The van der Waals surface area contributed by atoms with Crippen molar-refractivity contribution in [2.45, 2.75) is 50.3 Å². The van der Waals surface area contributed by atoms with Crippen molar-refractivity contribution in [3.63, 3.8) is 0 Å². The largest absolute Gasteiger partial charge is 0.392 e. The fraction of sp³-hybridized carbons (Fsp3) is 0.600. The van der Waals surface area contributed by atoms with Crippen molar-refractivity contribution in [3.8, 4) is 0 Å². The van der Waals surface area contributed by atoms with Gasteiger partial charge in [-0.3, -0.25) is 0 Å². The molecule has 1 aromatic rings. The Labute approximate surface area is 114 Å². The van der Waals surface area contributed by atoms with E-state index in [-0.39, 0.29) is 6.10 Å². The van der Waals surface area contributed by atoms with E-state index in [9.17, 15) is 5.11 Å². The SMILES string of the molecule is CC(C)C(O)CSc1ccc(CNC2CC2)cc1. The first-order valence-corrected chi connectivity index (χ1v) is 7.77. The predicted molar refractivity (Wildman–Crippen MR) is 77.9 cm³/mol. The molecule has 0 aliphatic heterocycles. The molecule has 1 fully saturated rings. The highest BCUT2D eigenvalue weighted by Gasteiger charge is 2.19. The second-order valence-electron chi connectivity index (χ2n) is 5.42. The highest BCUT2D eigenvalue weighted by Crippen LogP contribution is 2.22. The molecule has 0 spiro atoms. The molecule has 0 bridgehead atoms. The summed E-state index contributed by atoms with van der Waals surface area (Å²) in [5.74, 6) is 1.11. The topological polar surface area (TPSA) is 32.3 Å². The van der Waals surface area contributed by atoms with Crippen LogP contribution in [0.4, 0.5) is 0 Å². The Hall–Kier alpha value is -0.510. The molecule has 3 heteroatoms. The Morgan fingerprint density at radius 1 is 1.28 bits per heavy atom. The summed E-state index contributed by atoms with van der Waals surface area (Å²) in [5.41, 5.74) is 1.34. The molecule has 2 rings (SSSR count). The molecule has 1 saturated carbocycles. The van der Waals surface area contributed by atoms with Crippen molar-refractivity contribution in [1.82, 2.24) is 5.32 Å². The van der Waals surface area contributed by atoms with Gasteiger partial charge in [0.05, 0.1) is 6.10 Å². The molecular weight excluding hydrogens is 242 g/mol. The zero-order valence-corrected chi connectivity index (χ0v) is 12.0. The molecule has 18 heavy (non-hydrogen) atoms. The lowest BCUT2D eigenvalue weighted by molar-refractivity contribution is 0.149. The molecule has 2 N–H and O–H groups in total. The molecule has 1 aromatic carbocycles. The third kappa shape index (κ3) is 4.63. The summed E-state index contributed by atoms with van der Waals surface area (Å²) in [6.07, 6.45) is 2.45. The number of aliphatic hydroxyl groups excluding tert-OH is 1. The molecule has 2 nitrogen and oxygen atoms in total. The van der Waals surface area contributed by atoms with E-state index in [1.165, 1.54) is 23.3 Å². The quantitative estimate of drug-likeness (QED) is 0.743. The zero-order valence-electron chi connectivity index (χ0n) is 11.2. The summed E-state index contributed by atoms with van der Waals surface area (Å²) in [4.78, 5) is 1.24. The van der Waals surface area contributed by atoms with Crippen LogP contribution >= 0.6 is 11.8 Å². The van der Waals surface area contributed by atoms with Crippen LogP contribution in [-0.4, -0.2) is 23.0 Å². The van der Waals surface area contributed by atoms with Gasteiger partial charge in [-0.15, -0.1) is 11.8 Å². The minimum Gasteiger partial charge on any atom is -0.392 e. The number of nitrogens with one attached hydrogen (secondary N) is 1. The summed E-state index contributed by atoms with van der Waals surface area (Å²) in [6, 6.07) is 9.43. The summed E-state index contributed by atoms with van der Waals surface area (Å²) in [5, 5.41) is 13.3. The number of hydrogen-bond donors (Lipinski definition) is 2. The molecule has 1 unspecified atom stereocenters. The maximum Gasteiger partial charge on any atom is 0.0656 e. The van der Waals surface area contributed by atoms with Gasteiger partial charge in [-0.1, -0.05) is 26.0 Å². The second-order valence-corrected chi connectivity index (χ2v) is 6.51. The number of benzene rings is 1. The Morgan fingerprint density at radius 3 is 2.50 bits per heavy atom. The van der Waals surface area contributed by atoms with Crippen LogP contribution in [0, 0.1) is 5.92 Å². The van der Waals surface area contributed by atoms with Crippen molar-refractivity contribution in [3.05, 3.63) is 29.8 Å². The molecule has 100 valence electrons. The molecular formula is C15H23NOS. The molecule has 1 aliphatic rings. The highest BCUT2D eigenvalue weighted by molar-refractivity contribution is 7.99. The smallest absolute Gasteiger partial charge is 0.0656 e. The van der Waals surface area contributed by atoms with E-state index < -0.39 is 0 Å². The zero-order chi connectivity index (χ0) is 13.0. The van der Waals surface area contributed by atoms with E-state index >= 15 is 0 Å². The van der Waals surface area contributed by atoms with Gasteiger partial charge in [0.1, 0.15) is 0 Å². The van der Waals surface area contributed by atoms with Crippen LogP contribution in [0.3, 0.4) is 0 Å². The average Bonchev–Trinajstić information content (AvgIpc) is 3.18. The molecule has 0 aromatic heterocycles. The van der Waals surface area contributed by atoms with E-state index in [4.69, 9.17) is 0 Å². The Bertz CT molecular complexity index is 359. The minimum atomic E-state index is -0.216. The summed E-state index contributed by atoms with van der Waals surface area (Å²) in [6.45, 7) is 5.08. The average molecular weight is 265 g/mol. The van der Waals surface area contributed by atoms with Crippen LogP contribution in [0.15, 0.2) is 29.2 Å². The molecule has 0 amide bonds. The third-order valence-electron chi connectivity index (χ3n) is 3.29. The molecule has 0 radical (unpaired) electrons. The van der Waals surface area contributed by atoms with Crippen molar-refractivity contribution in [1.29, 1.82) is 0 Å². The lowest BCUT2D eigenvalue weighted by Gasteiger charge is -2.13. The minimum absolute atomic E-state index is 0.216. The van der Waals surface area contributed by atoms with Gasteiger partial charge in [-0.25, -0.2) is 0 Å². The van der Waals surface area contributed by atoms with Crippen LogP contribution in [0.2, 0.25) is 0 Å². The van der Waals surface area contributed by atoms with Gasteiger partial charge in [0.15, 0.2) is 0 Å². The lowest BCUT2D eigenvalue weighted by Crippen LogP contribution is -2.17. The predicted octanol–water partition coefficient (Wildman–Crippen LogP) is 3.05. The first kappa shape index (κ1) is 13.9. The van der Waals surface area contributed by atoms with Crippen LogP contribution in [0.5, 0.6) is 0 Å². The molecule has 1 atom stereocenters. The number of hydrogen-bond acceptors (Lipinski definition) is 3. The number of thioether (sulfide) groups is 1. The Morgan fingerprint density at radius 2 is 1.94 bits per heavy atom. The van der Waals surface area contributed by atoms with Crippen molar-refractivity contribution >= 4 is 11.8 Å². The van der Waals surface area contributed by atoms with Gasteiger partial charge in [-0.2, -0.15) is 0 Å². The fourth-order valence-electron chi connectivity index (χ4n) is 1.63. The van der Waals surface area contributed by atoms with Crippen LogP contribution in [0.25, 0.3) is 0 Å². The van der Waals surface area contributed by atoms with Crippen LogP contribution in [0.1, 0.15) is 32.3 Å². The standard InChI is InChI=1S/C15H23NOS/c1-11(2)15(17)10-18-14-7-3-12(4-8-14)9-16-13-5-6-13/h3-4,7-8,11,13,15-17H,5-6,9-10H2,1-2H3. The monoisotopic (exact) mass is 265 g/mol. The fourth-order valence-corrected chi connectivity index (χ4v) is 2.70. The van der Waals surface area contributed by atoms with Crippen molar-refractivity contribution < 1.29 is 5.11 Å². The summed E-state index contributed by atoms with van der Waals surface area (Å²) in [7, 11) is 0. The van der Waals surface area contributed by atoms with E-state index in [2.05, 4.69) is 43.4 Å². The third-order valence-corrected chi connectivity index (χ3v) is 4.40. The van der Waals surface area contributed by atoms with Gasteiger partial charge in [0, 0.05) is 23.2 Å². The van der Waals surface area contributed by atoms with E-state index in [0.717, 1.165) is 18.3 Å². The molecule has 1 aliphatic carbocycles. The van der Waals surface area contributed by atoms with Gasteiger partial charge >= 0.3 is 0 Å². The maximum atomic E-state index is 9.76. The summed E-state index contributed by atoms with van der Waals surface area (Å²) < 4.78 is 0. The first-order valence-electron chi connectivity index (χ1n) is 6.78. The number of aliphatic hydroxyl groups is 1. The summed E-state index contributed by atoms with van der Waals surface area (Å²) >= 11 is 1.73. The second kappa shape index (κ2) is 6.60. The van der Waals surface area contributed by atoms with Crippen molar-refractivity contribution in [2.24, 2.45) is 5.92 Å². The number of rotatable bonds is 7. The Balaban J connectivity index is 1.75. The maximum absolute atomic E-state index is 9.76. The molecule has 0 saturated heterocycles. The van der Waals surface area contributed by atoms with Crippen molar-refractivity contribution in [2.75, 3.05) is 5.75 Å². The van der Waals surface area contributed by atoms with Crippen LogP contribution < -0.4 is 5.32 Å². The van der Waals surface area contributed by atoms with E-state index in [0.29, 0.717) is 5.92 Å². The molecule has 0 heterocycles. The van der Waals surface area contributed by atoms with Gasteiger partial charge in [0.2, 0.25) is 0 Å². The normalized spacial score (nSPS) is 17.1. The first-order chi connectivity index (χ1) is 8.65.